The minimum absolute atomic E-state index is 0.0958. The summed E-state index contributed by atoms with van der Waals surface area (Å²) in [6, 6.07) is 17.5. The average molecular weight is 442 g/mol. The zero-order valence-electron chi connectivity index (χ0n) is 15.9. The first-order valence-corrected chi connectivity index (χ1v) is 11.6. The molecule has 2 N–H and O–H groups in total. The highest BCUT2D eigenvalue weighted by Crippen LogP contribution is 2.29. The number of hydrogen-bond acceptors (Lipinski definition) is 5. The summed E-state index contributed by atoms with van der Waals surface area (Å²) in [6.45, 7) is 0.256. The molecule has 154 valence electrons. The molecule has 9 heteroatoms. The Morgan fingerprint density at radius 1 is 1.00 bits per heavy atom. The van der Waals surface area contributed by atoms with Crippen LogP contribution in [-0.4, -0.2) is 33.3 Å². The van der Waals surface area contributed by atoms with Crippen LogP contribution in [0.1, 0.15) is 15.9 Å². The molecule has 0 radical (unpaired) electrons. The Hall–Kier alpha value is -3.01. The van der Waals surface area contributed by atoms with Gasteiger partial charge in [0.25, 0.3) is 15.9 Å². The molecule has 1 aromatic heterocycles. The number of sulfonamides is 1. The van der Waals surface area contributed by atoms with E-state index in [2.05, 4.69) is 10.0 Å². The van der Waals surface area contributed by atoms with E-state index in [4.69, 9.17) is 0 Å². The fourth-order valence-electron chi connectivity index (χ4n) is 3.25. The number of para-hydroxylation sites is 1. The van der Waals surface area contributed by atoms with E-state index in [9.17, 15) is 18.0 Å². The lowest BCUT2D eigenvalue weighted by Crippen LogP contribution is -2.32. The van der Waals surface area contributed by atoms with E-state index < -0.39 is 15.9 Å². The number of thiophene rings is 1. The van der Waals surface area contributed by atoms with Crippen molar-refractivity contribution in [3.63, 3.8) is 0 Å². The van der Waals surface area contributed by atoms with Crippen molar-refractivity contribution in [2.45, 2.75) is 10.6 Å². The summed E-state index contributed by atoms with van der Waals surface area (Å²) in [5, 5.41) is 4.27. The summed E-state index contributed by atoms with van der Waals surface area (Å²) < 4.78 is 26.5. The molecule has 30 heavy (non-hydrogen) atoms. The van der Waals surface area contributed by atoms with E-state index in [0.717, 1.165) is 29.0 Å². The third kappa shape index (κ3) is 4.28. The summed E-state index contributed by atoms with van der Waals surface area (Å²) in [6.07, 6.45) is 0.831. The van der Waals surface area contributed by atoms with Crippen molar-refractivity contribution in [1.82, 2.24) is 4.72 Å². The zero-order valence-corrected chi connectivity index (χ0v) is 17.5. The monoisotopic (exact) mass is 441 g/mol. The molecule has 2 heterocycles. The number of amides is 2. The van der Waals surface area contributed by atoms with Crippen LogP contribution in [0, 0.1) is 0 Å². The van der Waals surface area contributed by atoms with E-state index in [1.807, 2.05) is 24.3 Å². The van der Waals surface area contributed by atoms with Crippen LogP contribution in [0.25, 0.3) is 0 Å². The third-order valence-electron chi connectivity index (χ3n) is 4.73. The predicted octanol–water partition coefficient (Wildman–Crippen LogP) is 2.87. The van der Waals surface area contributed by atoms with Gasteiger partial charge in [0, 0.05) is 23.5 Å². The van der Waals surface area contributed by atoms with Crippen molar-refractivity contribution in [1.29, 1.82) is 0 Å². The van der Waals surface area contributed by atoms with Crippen molar-refractivity contribution in [2.24, 2.45) is 0 Å². The van der Waals surface area contributed by atoms with Crippen LogP contribution < -0.4 is 14.9 Å². The number of anilines is 2. The molecular formula is C21H19N3O4S2. The molecule has 0 aliphatic carbocycles. The first-order chi connectivity index (χ1) is 14.4. The Morgan fingerprint density at radius 3 is 2.50 bits per heavy atom. The topological polar surface area (TPSA) is 95.6 Å². The van der Waals surface area contributed by atoms with Gasteiger partial charge in [0.05, 0.1) is 6.54 Å². The summed E-state index contributed by atoms with van der Waals surface area (Å²) >= 11 is 1.08. The fraction of sp³-hybridized carbons (Fsp3) is 0.143. The quantitative estimate of drug-likeness (QED) is 0.615. The Kier molecular flexibility index (Phi) is 5.67. The molecule has 3 aromatic rings. The number of carbonyl (C=O) groups is 2. The lowest BCUT2D eigenvalue weighted by molar-refractivity contribution is -0.115. The van der Waals surface area contributed by atoms with Gasteiger partial charge >= 0.3 is 0 Å². The maximum atomic E-state index is 12.8. The highest BCUT2D eigenvalue weighted by atomic mass is 32.2. The van der Waals surface area contributed by atoms with Gasteiger partial charge in [-0.15, -0.1) is 11.3 Å². The number of fused-ring (bicyclic) bond motifs is 1. The Bertz CT molecular complexity index is 1170. The Labute approximate surface area is 178 Å². The molecule has 4 rings (SSSR count). The molecule has 0 bridgehead atoms. The molecule has 1 aliphatic rings. The van der Waals surface area contributed by atoms with Gasteiger partial charge in [0.15, 0.2) is 0 Å². The van der Waals surface area contributed by atoms with Gasteiger partial charge in [-0.1, -0.05) is 24.3 Å². The van der Waals surface area contributed by atoms with Crippen LogP contribution in [0.2, 0.25) is 0 Å². The first-order valence-electron chi connectivity index (χ1n) is 9.27. The molecule has 1 aliphatic heterocycles. The van der Waals surface area contributed by atoms with Gasteiger partial charge in [-0.05, 0) is 53.8 Å². The van der Waals surface area contributed by atoms with Gasteiger partial charge in [0.1, 0.15) is 4.21 Å². The van der Waals surface area contributed by atoms with E-state index >= 15 is 0 Å². The minimum atomic E-state index is -3.70. The Morgan fingerprint density at radius 2 is 1.77 bits per heavy atom. The first kappa shape index (κ1) is 20.3. The smallest absolute Gasteiger partial charge is 0.258 e. The van der Waals surface area contributed by atoms with Crippen LogP contribution in [-0.2, 0) is 21.2 Å². The highest BCUT2D eigenvalue weighted by molar-refractivity contribution is 7.91. The molecule has 0 saturated carbocycles. The maximum absolute atomic E-state index is 12.8. The van der Waals surface area contributed by atoms with Crippen LogP contribution in [0.3, 0.4) is 0 Å². The summed E-state index contributed by atoms with van der Waals surface area (Å²) in [5.74, 6) is -0.593. The number of nitrogens with one attached hydrogen (secondary N) is 2. The van der Waals surface area contributed by atoms with Crippen molar-refractivity contribution in [3.05, 3.63) is 77.2 Å². The molecule has 7 nitrogen and oxygen atoms in total. The lowest BCUT2D eigenvalue weighted by atomic mass is 10.1. The summed E-state index contributed by atoms with van der Waals surface area (Å²) in [4.78, 5) is 26.7. The molecule has 0 unspecified atom stereocenters. The average Bonchev–Trinajstić information content (AvgIpc) is 3.43. The fourth-order valence-corrected chi connectivity index (χ4v) is 5.27. The van der Waals surface area contributed by atoms with E-state index in [-0.39, 0.29) is 16.7 Å². The second-order valence-corrected chi connectivity index (χ2v) is 9.66. The van der Waals surface area contributed by atoms with E-state index in [0.29, 0.717) is 17.8 Å². The van der Waals surface area contributed by atoms with Gasteiger partial charge in [-0.2, -0.15) is 0 Å². The van der Waals surface area contributed by atoms with Crippen molar-refractivity contribution in [2.75, 3.05) is 23.3 Å². The van der Waals surface area contributed by atoms with Gasteiger partial charge < -0.3 is 10.2 Å². The number of nitrogens with zero attached hydrogens (tertiary/aromatic N) is 1. The second kappa shape index (κ2) is 8.39. The molecule has 0 fully saturated rings. The van der Waals surface area contributed by atoms with E-state index in [1.165, 1.54) is 6.07 Å². The van der Waals surface area contributed by atoms with E-state index in [1.54, 1.807) is 40.6 Å². The predicted molar refractivity (Wildman–Crippen MR) is 116 cm³/mol. The number of carbonyl (C=O) groups excluding carboxylic acids is 2. The molecular weight excluding hydrogens is 422 g/mol. The van der Waals surface area contributed by atoms with Crippen molar-refractivity contribution >= 4 is 44.5 Å². The largest absolute Gasteiger partial charge is 0.325 e. The standard InChI is InChI=1S/C21H19N3O4S2/c25-19(14-22-30(27,28)20-6-3-13-29-20)23-17-9-7-16(8-10-17)21(26)24-12-11-15-4-1-2-5-18(15)24/h1-10,13,22H,11-12,14H2,(H,23,25). The SMILES string of the molecule is O=C(CNS(=O)(=O)c1cccs1)Nc1ccc(C(=O)N2CCc3ccccc32)cc1. The molecule has 0 saturated heterocycles. The normalized spacial score (nSPS) is 13.1. The second-order valence-electron chi connectivity index (χ2n) is 6.72. The molecule has 2 aromatic carbocycles. The third-order valence-corrected chi connectivity index (χ3v) is 7.53. The van der Waals surface area contributed by atoms with Crippen molar-refractivity contribution in [3.8, 4) is 0 Å². The number of benzene rings is 2. The molecule has 0 atom stereocenters. The van der Waals surface area contributed by atoms with Gasteiger partial charge in [-0.3, -0.25) is 9.59 Å². The Balaban J connectivity index is 1.36. The maximum Gasteiger partial charge on any atom is 0.258 e. The van der Waals surface area contributed by atoms with Crippen LogP contribution >= 0.6 is 11.3 Å². The van der Waals surface area contributed by atoms with Crippen LogP contribution in [0.15, 0.2) is 70.3 Å². The highest BCUT2D eigenvalue weighted by Gasteiger charge is 2.25. The number of rotatable bonds is 6. The minimum Gasteiger partial charge on any atom is -0.325 e. The number of hydrogen-bond donors (Lipinski definition) is 2. The van der Waals surface area contributed by atoms with Crippen LogP contribution in [0.5, 0.6) is 0 Å². The van der Waals surface area contributed by atoms with Crippen LogP contribution in [0.4, 0.5) is 11.4 Å². The van der Waals surface area contributed by atoms with Gasteiger partial charge in [-0.25, -0.2) is 13.1 Å². The summed E-state index contributed by atoms with van der Waals surface area (Å²) in [5.41, 5.74) is 3.08. The lowest BCUT2D eigenvalue weighted by Gasteiger charge is -2.17. The van der Waals surface area contributed by atoms with Crippen molar-refractivity contribution < 1.29 is 18.0 Å². The van der Waals surface area contributed by atoms with Gasteiger partial charge in [0.2, 0.25) is 5.91 Å². The molecule has 2 amide bonds. The molecule has 0 spiro atoms. The summed E-state index contributed by atoms with van der Waals surface area (Å²) in [7, 11) is -3.70. The zero-order chi connectivity index (χ0) is 21.1.